The SMILES string of the molecule is COc1cc(C=O)nc(C(F)F)c1I. The van der Waals surface area contributed by atoms with E-state index in [1.165, 1.54) is 13.2 Å². The lowest BCUT2D eigenvalue weighted by molar-refractivity contribution is 0.111. The van der Waals surface area contributed by atoms with Crippen molar-refractivity contribution in [2.24, 2.45) is 0 Å². The van der Waals surface area contributed by atoms with E-state index >= 15 is 0 Å². The molecule has 1 aromatic rings. The van der Waals surface area contributed by atoms with Crippen LogP contribution in [0.25, 0.3) is 0 Å². The van der Waals surface area contributed by atoms with Gasteiger partial charge in [-0.3, -0.25) is 4.79 Å². The molecule has 6 heteroatoms. The van der Waals surface area contributed by atoms with Gasteiger partial charge in [0.05, 0.1) is 10.7 Å². The van der Waals surface area contributed by atoms with Crippen LogP contribution in [0.2, 0.25) is 0 Å². The van der Waals surface area contributed by atoms with Gasteiger partial charge in [0.25, 0.3) is 6.43 Å². The van der Waals surface area contributed by atoms with Crippen LogP contribution >= 0.6 is 22.6 Å². The summed E-state index contributed by atoms with van der Waals surface area (Å²) in [5, 5.41) is 0. The molecule has 0 saturated heterocycles. The van der Waals surface area contributed by atoms with Crippen LogP contribution in [0, 0.1) is 3.57 Å². The Hall–Kier alpha value is -0.790. The van der Waals surface area contributed by atoms with E-state index in [-0.39, 0.29) is 15.0 Å². The van der Waals surface area contributed by atoms with Crippen LogP contribution in [0.3, 0.4) is 0 Å². The highest BCUT2D eigenvalue weighted by molar-refractivity contribution is 14.1. The predicted molar refractivity (Wildman–Crippen MR) is 53.9 cm³/mol. The third kappa shape index (κ3) is 2.17. The number of aromatic nitrogens is 1. The molecule has 0 bridgehead atoms. The van der Waals surface area contributed by atoms with Gasteiger partial charge >= 0.3 is 0 Å². The molecular formula is C8H6F2INO2. The average Bonchev–Trinajstić information content (AvgIpc) is 2.17. The zero-order valence-corrected chi connectivity index (χ0v) is 9.29. The summed E-state index contributed by atoms with van der Waals surface area (Å²) in [5.41, 5.74) is -0.482. The molecule has 0 aromatic carbocycles. The van der Waals surface area contributed by atoms with Gasteiger partial charge in [-0.05, 0) is 22.6 Å². The summed E-state index contributed by atoms with van der Waals surface area (Å²) in [4.78, 5) is 13.9. The molecule has 0 radical (unpaired) electrons. The minimum atomic E-state index is -2.71. The van der Waals surface area contributed by atoms with Crippen molar-refractivity contribution >= 4 is 28.9 Å². The molecule has 0 unspecified atom stereocenters. The summed E-state index contributed by atoms with van der Waals surface area (Å²) in [6.07, 6.45) is -2.31. The van der Waals surface area contributed by atoms with Crippen LogP contribution in [0.1, 0.15) is 22.6 Å². The summed E-state index contributed by atoms with van der Waals surface area (Å²) >= 11 is 1.71. The highest BCUT2D eigenvalue weighted by Gasteiger charge is 2.18. The first kappa shape index (κ1) is 11.3. The second-order valence-electron chi connectivity index (χ2n) is 2.37. The summed E-state index contributed by atoms with van der Waals surface area (Å²) in [6.45, 7) is 0. The molecule has 0 aliphatic rings. The fourth-order valence-corrected chi connectivity index (χ4v) is 1.63. The Balaban J connectivity index is 3.34. The number of pyridine rings is 1. The van der Waals surface area contributed by atoms with Crippen molar-refractivity contribution in [2.45, 2.75) is 6.43 Å². The molecule has 0 atom stereocenters. The van der Waals surface area contributed by atoms with E-state index in [0.717, 1.165) is 0 Å². The van der Waals surface area contributed by atoms with Crippen LogP contribution in [-0.4, -0.2) is 18.4 Å². The second-order valence-corrected chi connectivity index (χ2v) is 3.45. The number of halogens is 3. The molecule has 0 N–H and O–H groups in total. The Morgan fingerprint density at radius 1 is 1.64 bits per heavy atom. The molecule has 76 valence electrons. The number of methoxy groups -OCH3 is 1. The maximum atomic E-state index is 12.4. The van der Waals surface area contributed by atoms with Crippen molar-refractivity contribution < 1.29 is 18.3 Å². The molecule has 0 spiro atoms. The van der Waals surface area contributed by atoms with E-state index in [4.69, 9.17) is 4.74 Å². The van der Waals surface area contributed by atoms with Crippen LogP contribution in [0.5, 0.6) is 5.75 Å². The highest BCUT2D eigenvalue weighted by atomic mass is 127. The average molecular weight is 313 g/mol. The van der Waals surface area contributed by atoms with Crippen LogP contribution in [0.4, 0.5) is 8.78 Å². The second kappa shape index (κ2) is 4.63. The highest BCUT2D eigenvalue weighted by Crippen LogP contribution is 2.29. The van der Waals surface area contributed by atoms with Crippen molar-refractivity contribution in [1.29, 1.82) is 0 Å². The van der Waals surface area contributed by atoms with Gasteiger partial charge in [-0.2, -0.15) is 0 Å². The van der Waals surface area contributed by atoms with Crippen molar-refractivity contribution in [2.75, 3.05) is 7.11 Å². The smallest absolute Gasteiger partial charge is 0.281 e. The zero-order chi connectivity index (χ0) is 10.7. The van der Waals surface area contributed by atoms with Gasteiger partial charge in [0.1, 0.15) is 17.1 Å². The molecule has 0 aliphatic carbocycles. The Morgan fingerprint density at radius 3 is 2.71 bits per heavy atom. The monoisotopic (exact) mass is 313 g/mol. The van der Waals surface area contributed by atoms with Gasteiger partial charge < -0.3 is 4.74 Å². The fraction of sp³-hybridized carbons (Fsp3) is 0.250. The molecule has 0 amide bonds. The molecule has 1 heterocycles. The Labute approximate surface area is 92.6 Å². The minimum Gasteiger partial charge on any atom is -0.495 e. The van der Waals surface area contributed by atoms with Gasteiger partial charge in [0.2, 0.25) is 0 Å². The van der Waals surface area contributed by atoms with Crippen molar-refractivity contribution in [3.63, 3.8) is 0 Å². The lowest BCUT2D eigenvalue weighted by atomic mass is 10.3. The van der Waals surface area contributed by atoms with Gasteiger partial charge in [0.15, 0.2) is 6.29 Å². The maximum absolute atomic E-state index is 12.4. The number of rotatable bonds is 3. The first-order valence-electron chi connectivity index (χ1n) is 3.58. The van der Waals surface area contributed by atoms with E-state index in [1.807, 2.05) is 0 Å². The van der Waals surface area contributed by atoms with E-state index in [2.05, 4.69) is 4.98 Å². The third-order valence-electron chi connectivity index (χ3n) is 1.52. The zero-order valence-electron chi connectivity index (χ0n) is 7.13. The fourth-order valence-electron chi connectivity index (χ4n) is 0.898. The number of alkyl halides is 2. The molecule has 0 fully saturated rings. The molecule has 14 heavy (non-hydrogen) atoms. The summed E-state index contributed by atoms with van der Waals surface area (Å²) in [5.74, 6) is 0.234. The molecule has 1 aromatic heterocycles. The van der Waals surface area contributed by atoms with E-state index in [1.54, 1.807) is 22.6 Å². The van der Waals surface area contributed by atoms with Gasteiger partial charge in [0, 0.05) is 6.07 Å². The predicted octanol–water partition coefficient (Wildman–Crippen LogP) is 2.44. The molecule has 0 saturated carbocycles. The first-order chi connectivity index (χ1) is 6.60. The molecular weight excluding hydrogens is 307 g/mol. The van der Waals surface area contributed by atoms with Gasteiger partial charge in [-0.1, -0.05) is 0 Å². The quantitative estimate of drug-likeness (QED) is 0.635. The molecule has 3 nitrogen and oxygen atoms in total. The lowest BCUT2D eigenvalue weighted by Gasteiger charge is -2.08. The Kier molecular flexibility index (Phi) is 3.73. The maximum Gasteiger partial charge on any atom is 0.281 e. The topological polar surface area (TPSA) is 39.2 Å². The van der Waals surface area contributed by atoms with Gasteiger partial charge in [-0.25, -0.2) is 13.8 Å². The number of carbonyl (C=O) groups is 1. The minimum absolute atomic E-state index is 0.0578. The van der Waals surface area contributed by atoms with Gasteiger partial charge in [-0.15, -0.1) is 0 Å². The summed E-state index contributed by atoms with van der Waals surface area (Å²) in [6, 6.07) is 1.32. The standard InChI is InChI=1S/C8H6F2INO2/c1-14-5-2-4(3-13)12-7(6(5)11)8(9)10/h2-3,8H,1H3. The van der Waals surface area contributed by atoms with E-state index in [9.17, 15) is 13.6 Å². The number of carbonyl (C=O) groups excluding carboxylic acids is 1. The number of aldehydes is 1. The first-order valence-corrected chi connectivity index (χ1v) is 4.65. The number of ether oxygens (including phenoxy) is 1. The third-order valence-corrected chi connectivity index (χ3v) is 2.60. The molecule has 1 rings (SSSR count). The van der Waals surface area contributed by atoms with Crippen LogP contribution in [0.15, 0.2) is 6.07 Å². The Morgan fingerprint density at radius 2 is 2.29 bits per heavy atom. The lowest BCUT2D eigenvalue weighted by Crippen LogP contribution is -2.01. The summed E-state index contributed by atoms with van der Waals surface area (Å²) < 4.78 is 29.9. The largest absolute Gasteiger partial charge is 0.495 e. The molecule has 0 aliphatic heterocycles. The number of hydrogen-bond donors (Lipinski definition) is 0. The van der Waals surface area contributed by atoms with Crippen LogP contribution in [-0.2, 0) is 0 Å². The number of nitrogens with zero attached hydrogens (tertiary/aromatic N) is 1. The van der Waals surface area contributed by atoms with E-state index in [0.29, 0.717) is 6.29 Å². The Bertz CT molecular complexity index is 357. The van der Waals surface area contributed by atoms with E-state index < -0.39 is 12.1 Å². The van der Waals surface area contributed by atoms with Crippen molar-refractivity contribution in [3.05, 3.63) is 21.0 Å². The number of hydrogen-bond acceptors (Lipinski definition) is 3. The normalized spacial score (nSPS) is 10.4. The van der Waals surface area contributed by atoms with Crippen LogP contribution < -0.4 is 4.74 Å². The summed E-state index contributed by atoms with van der Waals surface area (Å²) in [7, 11) is 1.35. The van der Waals surface area contributed by atoms with Crippen molar-refractivity contribution in [1.82, 2.24) is 4.98 Å². The van der Waals surface area contributed by atoms with Crippen molar-refractivity contribution in [3.8, 4) is 5.75 Å².